The van der Waals surface area contributed by atoms with E-state index in [9.17, 15) is 4.79 Å². The van der Waals surface area contributed by atoms with Crippen LogP contribution in [0.2, 0.25) is 0 Å². The lowest BCUT2D eigenvalue weighted by molar-refractivity contribution is -0.120. The molecule has 4 aromatic rings. The zero-order chi connectivity index (χ0) is 21.8. The van der Waals surface area contributed by atoms with Gasteiger partial charge in [-0.05, 0) is 48.6 Å². The van der Waals surface area contributed by atoms with E-state index in [4.69, 9.17) is 4.74 Å². The summed E-state index contributed by atoms with van der Waals surface area (Å²) in [6, 6.07) is 22.7. The minimum atomic E-state index is -0.0142. The van der Waals surface area contributed by atoms with Crippen LogP contribution in [0.3, 0.4) is 0 Å². The summed E-state index contributed by atoms with van der Waals surface area (Å²) >= 11 is 0. The van der Waals surface area contributed by atoms with E-state index in [0.29, 0.717) is 5.82 Å². The fraction of sp³-hybridized carbons (Fsp3) is 0.185. The summed E-state index contributed by atoms with van der Waals surface area (Å²) < 4.78 is 5.81. The third kappa shape index (κ3) is 4.92. The van der Waals surface area contributed by atoms with E-state index in [-0.39, 0.29) is 18.8 Å². The van der Waals surface area contributed by atoms with Crippen LogP contribution in [-0.2, 0) is 11.2 Å². The number of aryl methyl sites for hydroxylation is 3. The van der Waals surface area contributed by atoms with Crippen molar-refractivity contribution >= 4 is 5.78 Å². The Bertz CT molecular complexity index is 1170. The molecule has 4 heteroatoms. The molecule has 31 heavy (non-hydrogen) atoms. The average molecular weight is 411 g/mol. The first-order valence-corrected chi connectivity index (χ1v) is 10.4. The molecule has 0 radical (unpaired) electrons. The maximum atomic E-state index is 12.4. The van der Waals surface area contributed by atoms with E-state index in [1.54, 1.807) is 6.20 Å². The van der Waals surface area contributed by atoms with Gasteiger partial charge in [0.15, 0.2) is 5.78 Å². The molecular weight excluding hydrogens is 384 g/mol. The number of ether oxygens (including phenoxy) is 1. The Morgan fingerprint density at radius 2 is 1.48 bits per heavy atom. The molecule has 0 unspecified atom stereocenters. The van der Waals surface area contributed by atoms with Gasteiger partial charge in [0.05, 0.1) is 18.3 Å². The number of aromatic amines is 1. The molecule has 0 fully saturated rings. The Hall–Kier alpha value is -3.66. The molecule has 1 heterocycles. The molecule has 0 aliphatic carbocycles. The van der Waals surface area contributed by atoms with Crippen molar-refractivity contribution < 1.29 is 9.53 Å². The van der Waals surface area contributed by atoms with Gasteiger partial charge in [0.2, 0.25) is 0 Å². The first kappa shape index (κ1) is 20.6. The molecule has 0 aliphatic rings. The number of hydrogen-bond acceptors (Lipinski definition) is 3. The lowest BCUT2D eigenvalue weighted by Crippen LogP contribution is -2.15. The maximum absolute atomic E-state index is 12.4. The monoisotopic (exact) mass is 410 g/mol. The standard InChI is InChI=1S/C27H26N2O2/c1-18-13-19(2)27(20(3)14-18)31-17-24(30)15-26-28-16-25(29-26)23-11-9-22(10-12-23)21-7-5-4-6-8-21/h4-14,16H,15,17H2,1-3H3,(H,28,29). The zero-order valence-corrected chi connectivity index (χ0v) is 18.1. The largest absolute Gasteiger partial charge is 0.485 e. The van der Waals surface area contributed by atoms with Gasteiger partial charge in [-0.2, -0.15) is 0 Å². The molecule has 1 aromatic heterocycles. The molecule has 4 nitrogen and oxygen atoms in total. The van der Waals surface area contributed by atoms with Gasteiger partial charge in [0, 0.05) is 0 Å². The highest BCUT2D eigenvalue weighted by atomic mass is 16.5. The zero-order valence-electron chi connectivity index (χ0n) is 18.1. The van der Waals surface area contributed by atoms with Crippen LogP contribution in [0.4, 0.5) is 0 Å². The summed E-state index contributed by atoms with van der Waals surface area (Å²) in [7, 11) is 0. The van der Waals surface area contributed by atoms with Gasteiger partial charge in [-0.25, -0.2) is 4.98 Å². The second kappa shape index (κ2) is 9.00. The maximum Gasteiger partial charge on any atom is 0.177 e. The molecule has 0 saturated heterocycles. The lowest BCUT2D eigenvalue weighted by Gasteiger charge is -2.12. The molecule has 0 atom stereocenters. The number of carbonyl (C=O) groups excluding carboxylic acids is 1. The van der Waals surface area contributed by atoms with Gasteiger partial charge in [0.1, 0.15) is 18.2 Å². The van der Waals surface area contributed by atoms with E-state index in [0.717, 1.165) is 33.7 Å². The van der Waals surface area contributed by atoms with E-state index in [1.807, 2.05) is 32.0 Å². The van der Waals surface area contributed by atoms with E-state index in [2.05, 4.69) is 65.4 Å². The van der Waals surface area contributed by atoms with Crippen LogP contribution >= 0.6 is 0 Å². The summed E-state index contributed by atoms with van der Waals surface area (Å²) in [6.07, 6.45) is 1.99. The number of nitrogens with zero attached hydrogens (tertiary/aromatic N) is 1. The van der Waals surface area contributed by atoms with Crippen molar-refractivity contribution in [2.45, 2.75) is 27.2 Å². The Balaban J connectivity index is 1.38. The van der Waals surface area contributed by atoms with Gasteiger partial charge < -0.3 is 9.72 Å². The number of rotatable bonds is 7. The molecule has 0 saturated carbocycles. The van der Waals surface area contributed by atoms with E-state index < -0.39 is 0 Å². The highest BCUT2D eigenvalue weighted by molar-refractivity contribution is 5.82. The van der Waals surface area contributed by atoms with Gasteiger partial charge in [-0.3, -0.25) is 4.79 Å². The van der Waals surface area contributed by atoms with Crippen LogP contribution in [0.25, 0.3) is 22.4 Å². The second-order valence-electron chi connectivity index (χ2n) is 7.92. The molecule has 4 rings (SSSR count). The SMILES string of the molecule is Cc1cc(C)c(OCC(=O)Cc2ncc(-c3ccc(-c4ccccc4)cc3)[nH]2)c(C)c1. The van der Waals surface area contributed by atoms with Crippen molar-refractivity contribution in [3.05, 3.63) is 95.4 Å². The Morgan fingerprint density at radius 1 is 0.871 bits per heavy atom. The van der Waals surface area contributed by atoms with Crippen LogP contribution in [-0.4, -0.2) is 22.4 Å². The van der Waals surface area contributed by atoms with Crippen molar-refractivity contribution in [1.29, 1.82) is 0 Å². The van der Waals surface area contributed by atoms with Crippen LogP contribution in [0.1, 0.15) is 22.5 Å². The number of H-pyrrole nitrogens is 1. The van der Waals surface area contributed by atoms with Crippen LogP contribution in [0.5, 0.6) is 5.75 Å². The molecule has 1 N–H and O–H groups in total. The van der Waals surface area contributed by atoms with Gasteiger partial charge >= 0.3 is 0 Å². The van der Waals surface area contributed by atoms with Crippen molar-refractivity contribution in [1.82, 2.24) is 9.97 Å². The predicted octanol–water partition coefficient (Wildman–Crippen LogP) is 5.86. The third-order valence-corrected chi connectivity index (χ3v) is 5.28. The minimum absolute atomic E-state index is 0.0142. The first-order chi connectivity index (χ1) is 15.0. The number of hydrogen-bond donors (Lipinski definition) is 1. The molecule has 0 bridgehead atoms. The quantitative estimate of drug-likeness (QED) is 0.415. The highest BCUT2D eigenvalue weighted by Crippen LogP contribution is 2.25. The van der Waals surface area contributed by atoms with Gasteiger partial charge in [-0.15, -0.1) is 0 Å². The number of imidazole rings is 1. The van der Waals surface area contributed by atoms with Gasteiger partial charge in [-0.1, -0.05) is 72.3 Å². The van der Waals surface area contributed by atoms with Crippen LogP contribution < -0.4 is 4.74 Å². The summed E-state index contributed by atoms with van der Waals surface area (Å²) in [5.74, 6) is 1.42. The Morgan fingerprint density at radius 3 is 2.16 bits per heavy atom. The highest BCUT2D eigenvalue weighted by Gasteiger charge is 2.12. The molecular formula is C27H26N2O2. The Kier molecular flexibility index (Phi) is 5.99. The molecule has 156 valence electrons. The van der Waals surface area contributed by atoms with E-state index >= 15 is 0 Å². The third-order valence-electron chi connectivity index (χ3n) is 5.28. The van der Waals surface area contributed by atoms with E-state index in [1.165, 1.54) is 11.1 Å². The number of carbonyl (C=O) groups is 1. The van der Waals surface area contributed by atoms with Gasteiger partial charge in [0.25, 0.3) is 0 Å². The smallest absolute Gasteiger partial charge is 0.177 e. The van der Waals surface area contributed by atoms with Crippen molar-refractivity contribution in [3.63, 3.8) is 0 Å². The molecule has 0 aliphatic heterocycles. The molecule has 3 aromatic carbocycles. The van der Waals surface area contributed by atoms with Crippen LogP contribution in [0, 0.1) is 20.8 Å². The topological polar surface area (TPSA) is 55.0 Å². The summed E-state index contributed by atoms with van der Waals surface area (Å²) in [5.41, 5.74) is 7.56. The Labute approximate surface area is 182 Å². The first-order valence-electron chi connectivity index (χ1n) is 10.4. The minimum Gasteiger partial charge on any atom is -0.485 e. The summed E-state index contributed by atoms with van der Waals surface area (Å²) in [4.78, 5) is 20.1. The number of nitrogens with one attached hydrogen (secondary N) is 1. The fourth-order valence-corrected chi connectivity index (χ4v) is 3.86. The van der Waals surface area contributed by atoms with Crippen molar-refractivity contribution in [2.75, 3.05) is 6.61 Å². The molecule has 0 amide bonds. The predicted molar refractivity (Wildman–Crippen MR) is 124 cm³/mol. The van der Waals surface area contributed by atoms with Crippen LogP contribution in [0.15, 0.2) is 72.9 Å². The van der Waals surface area contributed by atoms with Crippen molar-refractivity contribution in [2.24, 2.45) is 0 Å². The normalized spacial score (nSPS) is 10.8. The average Bonchev–Trinajstić information content (AvgIpc) is 3.22. The number of benzene rings is 3. The molecule has 0 spiro atoms. The second-order valence-corrected chi connectivity index (χ2v) is 7.92. The summed E-state index contributed by atoms with van der Waals surface area (Å²) in [6.45, 7) is 6.09. The summed E-state index contributed by atoms with van der Waals surface area (Å²) in [5, 5.41) is 0. The number of Topliss-reactive ketones (excluding diaryl/α,β-unsaturated/α-hetero) is 1. The number of aromatic nitrogens is 2. The lowest BCUT2D eigenvalue weighted by atomic mass is 10.0. The fourth-order valence-electron chi connectivity index (χ4n) is 3.86. The van der Waals surface area contributed by atoms with Crippen molar-refractivity contribution in [3.8, 4) is 28.1 Å². The number of ketones is 1.